The van der Waals surface area contributed by atoms with Crippen LogP contribution < -0.4 is 5.32 Å². The minimum absolute atomic E-state index is 0.377. The lowest BCUT2D eigenvalue weighted by atomic mass is 10.1. The van der Waals surface area contributed by atoms with Gasteiger partial charge >= 0.3 is 0 Å². The number of hydrogen-bond donors (Lipinski definition) is 1. The molecule has 0 aromatic rings. The third-order valence-corrected chi connectivity index (χ3v) is 2.78. The van der Waals surface area contributed by atoms with Gasteiger partial charge in [-0.05, 0) is 27.2 Å². The van der Waals surface area contributed by atoms with E-state index in [0.29, 0.717) is 5.54 Å². The Kier molecular flexibility index (Phi) is 1.52. The first kappa shape index (κ1) is 7.56. The zero-order chi connectivity index (χ0) is 8.06. The average molecular weight is 154 g/mol. The monoisotopic (exact) mass is 154 g/mol. The van der Waals surface area contributed by atoms with E-state index >= 15 is 0 Å². The molecule has 2 fully saturated rings. The molecule has 2 atom stereocenters. The molecule has 2 heteroatoms. The topological polar surface area (TPSA) is 15.3 Å². The molecular formula is C9H18N2. The van der Waals surface area contributed by atoms with Crippen LogP contribution in [-0.2, 0) is 0 Å². The minimum atomic E-state index is 0.377. The van der Waals surface area contributed by atoms with Gasteiger partial charge < -0.3 is 5.32 Å². The summed E-state index contributed by atoms with van der Waals surface area (Å²) in [5.74, 6) is 0. The molecular weight excluding hydrogens is 136 g/mol. The van der Waals surface area contributed by atoms with Gasteiger partial charge in [-0.2, -0.15) is 0 Å². The number of hydrogen-bond acceptors (Lipinski definition) is 2. The summed E-state index contributed by atoms with van der Waals surface area (Å²) in [6, 6.07) is 1.67. The molecule has 2 aliphatic rings. The Hall–Kier alpha value is -0.0800. The van der Waals surface area contributed by atoms with Crippen LogP contribution in [0.25, 0.3) is 0 Å². The van der Waals surface area contributed by atoms with Crippen molar-refractivity contribution in [2.24, 2.45) is 0 Å². The maximum absolute atomic E-state index is 3.52. The van der Waals surface area contributed by atoms with Crippen molar-refractivity contribution in [3.63, 3.8) is 0 Å². The Morgan fingerprint density at radius 3 is 2.64 bits per heavy atom. The van der Waals surface area contributed by atoms with Gasteiger partial charge in [-0.25, -0.2) is 0 Å². The Labute approximate surface area is 69.0 Å². The number of piperazine rings is 1. The third-order valence-electron chi connectivity index (χ3n) is 2.78. The standard InChI is InChI=1S/C9H18N2/c1-9(2,3)11-5-4-10-7-6-8(7)11/h7-8,10H,4-6H2,1-3H3. The van der Waals surface area contributed by atoms with Crippen LogP contribution in [0.1, 0.15) is 27.2 Å². The number of nitrogens with one attached hydrogen (secondary N) is 1. The van der Waals surface area contributed by atoms with Crippen LogP contribution in [-0.4, -0.2) is 35.6 Å². The van der Waals surface area contributed by atoms with Crippen molar-refractivity contribution in [1.29, 1.82) is 0 Å². The molecule has 2 nitrogen and oxygen atoms in total. The fourth-order valence-corrected chi connectivity index (χ4v) is 2.11. The van der Waals surface area contributed by atoms with Crippen LogP contribution in [0.5, 0.6) is 0 Å². The van der Waals surface area contributed by atoms with Gasteiger partial charge in [-0.1, -0.05) is 0 Å². The normalized spacial score (nSPS) is 38.5. The van der Waals surface area contributed by atoms with E-state index in [1.54, 1.807) is 0 Å². The molecule has 1 heterocycles. The molecule has 2 rings (SSSR count). The van der Waals surface area contributed by atoms with Gasteiger partial charge in [-0.15, -0.1) is 0 Å². The van der Waals surface area contributed by atoms with Gasteiger partial charge in [-0.3, -0.25) is 4.90 Å². The molecule has 0 bridgehead atoms. The first-order chi connectivity index (χ1) is 5.09. The lowest BCUT2D eigenvalue weighted by Gasteiger charge is -2.38. The van der Waals surface area contributed by atoms with Gasteiger partial charge in [0.05, 0.1) is 0 Å². The van der Waals surface area contributed by atoms with Crippen LogP contribution >= 0.6 is 0 Å². The summed E-state index contributed by atoms with van der Waals surface area (Å²) < 4.78 is 0. The predicted octanol–water partition coefficient (Wildman–Crippen LogP) is 0.831. The molecule has 0 aromatic carbocycles. The largest absolute Gasteiger partial charge is 0.311 e. The van der Waals surface area contributed by atoms with Crippen molar-refractivity contribution in [1.82, 2.24) is 10.2 Å². The van der Waals surface area contributed by atoms with Gasteiger partial charge in [0.15, 0.2) is 0 Å². The lowest BCUT2D eigenvalue weighted by Crippen LogP contribution is -2.52. The number of nitrogens with zero attached hydrogens (tertiary/aromatic N) is 1. The highest BCUT2D eigenvalue weighted by Gasteiger charge is 2.47. The van der Waals surface area contributed by atoms with Crippen molar-refractivity contribution in [3.8, 4) is 0 Å². The van der Waals surface area contributed by atoms with Crippen LogP contribution in [0.15, 0.2) is 0 Å². The summed E-state index contributed by atoms with van der Waals surface area (Å²) in [7, 11) is 0. The van der Waals surface area contributed by atoms with Gasteiger partial charge in [0.2, 0.25) is 0 Å². The van der Waals surface area contributed by atoms with Crippen LogP contribution in [0.2, 0.25) is 0 Å². The second-order valence-electron chi connectivity index (χ2n) is 4.73. The smallest absolute Gasteiger partial charge is 0.0271 e. The van der Waals surface area contributed by atoms with E-state index in [2.05, 4.69) is 31.0 Å². The second kappa shape index (κ2) is 2.20. The molecule has 1 aliphatic heterocycles. The highest BCUT2D eigenvalue weighted by molar-refractivity contribution is 5.07. The van der Waals surface area contributed by atoms with E-state index in [4.69, 9.17) is 0 Å². The predicted molar refractivity (Wildman–Crippen MR) is 46.7 cm³/mol. The molecule has 1 saturated heterocycles. The fraction of sp³-hybridized carbons (Fsp3) is 1.00. The summed E-state index contributed by atoms with van der Waals surface area (Å²) in [6.45, 7) is 9.35. The Morgan fingerprint density at radius 1 is 1.36 bits per heavy atom. The maximum Gasteiger partial charge on any atom is 0.0271 e. The van der Waals surface area contributed by atoms with E-state index in [9.17, 15) is 0 Å². The summed E-state index contributed by atoms with van der Waals surface area (Å²) >= 11 is 0. The molecule has 0 amide bonds. The van der Waals surface area contributed by atoms with E-state index in [1.807, 2.05) is 0 Å². The average Bonchev–Trinajstić information content (AvgIpc) is 2.60. The minimum Gasteiger partial charge on any atom is -0.311 e. The summed E-state index contributed by atoms with van der Waals surface area (Å²) in [4.78, 5) is 2.63. The molecule has 64 valence electrons. The van der Waals surface area contributed by atoms with Crippen LogP contribution in [0.4, 0.5) is 0 Å². The van der Waals surface area contributed by atoms with E-state index in [-0.39, 0.29) is 0 Å². The molecule has 11 heavy (non-hydrogen) atoms. The molecule has 2 unspecified atom stereocenters. The Morgan fingerprint density at radius 2 is 2.09 bits per heavy atom. The Balaban J connectivity index is 2.03. The number of fused-ring (bicyclic) bond motifs is 1. The van der Waals surface area contributed by atoms with Crippen molar-refractivity contribution >= 4 is 0 Å². The molecule has 1 saturated carbocycles. The molecule has 0 aromatic heterocycles. The lowest BCUT2D eigenvalue weighted by molar-refractivity contribution is 0.108. The van der Waals surface area contributed by atoms with Crippen LogP contribution in [0.3, 0.4) is 0 Å². The third kappa shape index (κ3) is 1.30. The molecule has 0 spiro atoms. The Bertz CT molecular complexity index is 159. The number of rotatable bonds is 0. The maximum atomic E-state index is 3.52. The van der Waals surface area contributed by atoms with Gasteiger partial charge in [0.1, 0.15) is 0 Å². The summed E-state index contributed by atoms with van der Waals surface area (Å²) in [5, 5.41) is 3.52. The zero-order valence-corrected chi connectivity index (χ0v) is 7.72. The van der Waals surface area contributed by atoms with Crippen molar-refractivity contribution in [3.05, 3.63) is 0 Å². The zero-order valence-electron chi connectivity index (χ0n) is 7.72. The first-order valence-corrected chi connectivity index (χ1v) is 4.59. The highest BCUT2D eigenvalue weighted by atomic mass is 15.3. The van der Waals surface area contributed by atoms with E-state index in [0.717, 1.165) is 12.1 Å². The fourth-order valence-electron chi connectivity index (χ4n) is 2.11. The van der Waals surface area contributed by atoms with Crippen molar-refractivity contribution in [2.45, 2.75) is 44.8 Å². The SMILES string of the molecule is CC(C)(C)N1CCNC2CC21. The second-order valence-corrected chi connectivity index (χ2v) is 4.73. The van der Waals surface area contributed by atoms with E-state index < -0.39 is 0 Å². The van der Waals surface area contributed by atoms with Gasteiger partial charge in [0, 0.05) is 30.7 Å². The summed E-state index contributed by atoms with van der Waals surface area (Å²) in [5.41, 5.74) is 0.377. The molecule has 0 radical (unpaired) electrons. The van der Waals surface area contributed by atoms with Gasteiger partial charge in [0.25, 0.3) is 0 Å². The van der Waals surface area contributed by atoms with Crippen LogP contribution in [0, 0.1) is 0 Å². The molecule has 1 aliphatic carbocycles. The highest BCUT2D eigenvalue weighted by Crippen LogP contribution is 2.35. The van der Waals surface area contributed by atoms with Crippen molar-refractivity contribution in [2.75, 3.05) is 13.1 Å². The summed E-state index contributed by atoms with van der Waals surface area (Å²) in [6.07, 6.45) is 1.37. The quantitative estimate of drug-likeness (QED) is 0.556. The van der Waals surface area contributed by atoms with E-state index in [1.165, 1.54) is 19.5 Å². The first-order valence-electron chi connectivity index (χ1n) is 4.59. The van der Waals surface area contributed by atoms with Crippen molar-refractivity contribution < 1.29 is 0 Å². The molecule has 1 N–H and O–H groups in total.